The molecular formula is C23H28N2O5. The molecule has 3 rings (SSSR count). The van der Waals surface area contributed by atoms with Crippen molar-refractivity contribution < 1.29 is 23.8 Å². The van der Waals surface area contributed by atoms with Gasteiger partial charge in [0.1, 0.15) is 18.8 Å². The molecule has 0 radical (unpaired) electrons. The molecule has 0 saturated heterocycles. The third-order valence-electron chi connectivity index (χ3n) is 4.46. The molecule has 1 aliphatic heterocycles. The van der Waals surface area contributed by atoms with Gasteiger partial charge in [-0.05, 0) is 58.0 Å². The van der Waals surface area contributed by atoms with Crippen LogP contribution in [0.15, 0.2) is 42.5 Å². The average molecular weight is 412 g/mol. The van der Waals surface area contributed by atoms with Crippen LogP contribution in [0, 0.1) is 0 Å². The molecule has 30 heavy (non-hydrogen) atoms. The zero-order valence-corrected chi connectivity index (χ0v) is 17.9. The maximum absolute atomic E-state index is 13.0. The Morgan fingerprint density at radius 2 is 1.77 bits per heavy atom. The Morgan fingerprint density at radius 1 is 1.07 bits per heavy atom. The highest BCUT2D eigenvalue weighted by Gasteiger charge is 2.21. The number of hydrogen-bond donors (Lipinski definition) is 1. The highest BCUT2D eigenvalue weighted by Crippen LogP contribution is 2.34. The Labute approximate surface area is 176 Å². The summed E-state index contributed by atoms with van der Waals surface area (Å²) in [6.07, 6.45) is -0.534. The number of rotatable bonds is 5. The maximum atomic E-state index is 13.0. The summed E-state index contributed by atoms with van der Waals surface area (Å²) in [5.41, 5.74) is 1.43. The largest absolute Gasteiger partial charge is 0.486 e. The van der Waals surface area contributed by atoms with E-state index < -0.39 is 11.7 Å². The Morgan fingerprint density at radius 3 is 2.43 bits per heavy atom. The first-order valence-electron chi connectivity index (χ1n) is 10.0. The number of ether oxygens (including phenoxy) is 3. The first kappa shape index (κ1) is 21.5. The summed E-state index contributed by atoms with van der Waals surface area (Å²) >= 11 is 0. The van der Waals surface area contributed by atoms with E-state index in [9.17, 15) is 9.59 Å². The minimum Gasteiger partial charge on any atom is -0.486 e. The SMILES string of the molecule is CCN(Cc1cccc2c1OCCO2)C(=O)c1ccc(NC(=O)OC(C)(C)C)cc1. The van der Waals surface area contributed by atoms with Crippen LogP contribution >= 0.6 is 0 Å². The lowest BCUT2D eigenvalue weighted by atomic mass is 10.1. The summed E-state index contributed by atoms with van der Waals surface area (Å²) in [6, 6.07) is 12.5. The highest BCUT2D eigenvalue weighted by molar-refractivity contribution is 5.95. The van der Waals surface area contributed by atoms with Gasteiger partial charge in [-0.1, -0.05) is 12.1 Å². The molecule has 0 aromatic heterocycles. The molecule has 0 fully saturated rings. The van der Waals surface area contributed by atoms with Gasteiger partial charge < -0.3 is 19.1 Å². The Hall–Kier alpha value is -3.22. The fourth-order valence-electron chi connectivity index (χ4n) is 3.09. The second kappa shape index (κ2) is 9.07. The average Bonchev–Trinajstić information content (AvgIpc) is 2.70. The van der Waals surface area contributed by atoms with Crippen LogP contribution in [-0.2, 0) is 11.3 Å². The monoisotopic (exact) mass is 412 g/mol. The minimum absolute atomic E-state index is 0.101. The summed E-state index contributed by atoms with van der Waals surface area (Å²) in [4.78, 5) is 26.6. The molecule has 1 N–H and O–H groups in total. The predicted molar refractivity (Wildman–Crippen MR) is 114 cm³/mol. The molecule has 7 nitrogen and oxygen atoms in total. The molecule has 7 heteroatoms. The standard InChI is InChI=1S/C23H28N2O5/c1-5-25(15-17-7-6-8-19-20(17)29-14-13-28-19)21(26)16-9-11-18(12-10-16)24-22(27)30-23(2,3)4/h6-12H,5,13-15H2,1-4H3,(H,24,27). The number of nitrogens with zero attached hydrogens (tertiary/aromatic N) is 1. The van der Waals surface area contributed by atoms with Crippen molar-refractivity contribution in [3.63, 3.8) is 0 Å². The van der Waals surface area contributed by atoms with Crippen molar-refractivity contribution in [3.05, 3.63) is 53.6 Å². The molecule has 2 amide bonds. The Kier molecular flexibility index (Phi) is 6.50. The van der Waals surface area contributed by atoms with Crippen LogP contribution in [0.4, 0.5) is 10.5 Å². The fraction of sp³-hybridized carbons (Fsp3) is 0.391. The van der Waals surface area contributed by atoms with E-state index in [2.05, 4.69) is 5.32 Å². The molecule has 0 aliphatic carbocycles. The number of carbonyl (C=O) groups excluding carboxylic acids is 2. The zero-order chi connectivity index (χ0) is 21.7. The van der Waals surface area contributed by atoms with Gasteiger partial charge in [-0.2, -0.15) is 0 Å². The van der Waals surface area contributed by atoms with E-state index in [0.29, 0.717) is 49.1 Å². The van der Waals surface area contributed by atoms with Gasteiger partial charge >= 0.3 is 6.09 Å². The number of nitrogens with one attached hydrogen (secondary N) is 1. The van der Waals surface area contributed by atoms with Crippen LogP contribution in [0.3, 0.4) is 0 Å². The number of hydrogen-bond acceptors (Lipinski definition) is 5. The van der Waals surface area contributed by atoms with Gasteiger partial charge in [0.25, 0.3) is 5.91 Å². The van der Waals surface area contributed by atoms with Gasteiger partial charge in [0, 0.05) is 29.9 Å². The summed E-state index contributed by atoms with van der Waals surface area (Å²) < 4.78 is 16.6. The van der Waals surface area contributed by atoms with Crippen LogP contribution in [0.1, 0.15) is 43.6 Å². The normalized spacial score (nSPS) is 12.8. The summed E-state index contributed by atoms with van der Waals surface area (Å²) in [5.74, 6) is 1.31. The highest BCUT2D eigenvalue weighted by atomic mass is 16.6. The molecule has 1 heterocycles. The smallest absolute Gasteiger partial charge is 0.412 e. The minimum atomic E-state index is -0.576. The van der Waals surface area contributed by atoms with Gasteiger partial charge in [-0.25, -0.2) is 4.79 Å². The molecule has 0 atom stereocenters. The van der Waals surface area contributed by atoms with Crippen LogP contribution in [0.2, 0.25) is 0 Å². The number of para-hydroxylation sites is 1. The second-order valence-electron chi connectivity index (χ2n) is 7.96. The topological polar surface area (TPSA) is 77.1 Å². The van der Waals surface area contributed by atoms with E-state index >= 15 is 0 Å². The lowest BCUT2D eigenvalue weighted by Gasteiger charge is -2.25. The van der Waals surface area contributed by atoms with E-state index in [0.717, 1.165) is 5.56 Å². The summed E-state index contributed by atoms with van der Waals surface area (Å²) in [7, 11) is 0. The van der Waals surface area contributed by atoms with E-state index in [1.165, 1.54) is 0 Å². The first-order chi connectivity index (χ1) is 14.3. The van der Waals surface area contributed by atoms with E-state index in [1.807, 2.05) is 25.1 Å². The number of amides is 2. The third-order valence-corrected chi connectivity index (χ3v) is 4.46. The van der Waals surface area contributed by atoms with E-state index in [-0.39, 0.29) is 5.91 Å². The number of benzene rings is 2. The lowest BCUT2D eigenvalue weighted by molar-refractivity contribution is 0.0635. The van der Waals surface area contributed by atoms with E-state index in [4.69, 9.17) is 14.2 Å². The predicted octanol–water partition coefficient (Wildman–Crippen LogP) is 4.47. The Balaban J connectivity index is 1.68. The Bertz CT molecular complexity index is 903. The lowest BCUT2D eigenvalue weighted by Crippen LogP contribution is -2.31. The van der Waals surface area contributed by atoms with Gasteiger partial charge in [0.2, 0.25) is 0 Å². The molecule has 0 bridgehead atoms. The molecule has 0 unspecified atom stereocenters. The van der Waals surface area contributed by atoms with Crippen molar-refractivity contribution >= 4 is 17.7 Å². The van der Waals surface area contributed by atoms with Crippen molar-refractivity contribution in [3.8, 4) is 11.5 Å². The van der Waals surface area contributed by atoms with Crippen molar-refractivity contribution in [2.24, 2.45) is 0 Å². The number of fused-ring (bicyclic) bond motifs is 1. The van der Waals surface area contributed by atoms with Gasteiger partial charge in [0.15, 0.2) is 11.5 Å². The van der Waals surface area contributed by atoms with Crippen LogP contribution in [0.5, 0.6) is 11.5 Å². The maximum Gasteiger partial charge on any atom is 0.412 e. The molecule has 1 aliphatic rings. The van der Waals surface area contributed by atoms with Crippen molar-refractivity contribution in [2.45, 2.75) is 39.8 Å². The molecule has 2 aromatic carbocycles. The van der Waals surface area contributed by atoms with Crippen LogP contribution < -0.4 is 14.8 Å². The number of anilines is 1. The first-order valence-corrected chi connectivity index (χ1v) is 10.0. The molecule has 2 aromatic rings. The van der Waals surface area contributed by atoms with Crippen molar-refractivity contribution in [1.82, 2.24) is 4.90 Å². The zero-order valence-electron chi connectivity index (χ0n) is 17.9. The summed E-state index contributed by atoms with van der Waals surface area (Å²) in [5, 5.41) is 2.67. The second-order valence-corrected chi connectivity index (χ2v) is 7.96. The van der Waals surface area contributed by atoms with Crippen molar-refractivity contribution in [1.29, 1.82) is 0 Å². The van der Waals surface area contributed by atoms with Crippen LogP contribution in [0.25, 0.3) is 0 Å². The quantitative estimate of drug-likeness (QED) is 0.784. The van der Waals surface area contributed by atoms with Gasteiger partial charge in [-0.3, -0.25) is 10.1 Å². The molecule has 0 spiro atoms. The van der Waals surface area contributed by atoms with Crippen LogP contribution in [-0.4, -0.2) is 42.3 Å². The summed E-state index contributed by atoms with van der Waals surface area (Å²) in [6.45, 7) is 9.31. The van der Waals surface area contributed by atoms with Gasteiger partial charge in [0.05, 0.1) is 0 Å². The molecular weight excluding hydrogens is 384 g/mol. The number of carbonyl (C=O) groups is 2. The van der Waals surface area contributed by atoms with Crippen molar-refractivity contribution in [2.75, 3.05) is 25.1 Å². The molecule has 0 saturated carbocycles. The fourth-order valence-corrected chi connectivity index (χ4v) is 3.09. The van der Waals surface area contributed by atoms with E-state index in [1.54, 1.807) is 49.9 Å². The van der Waals surface area contributed by atoms with Gasteiger partial charge in [-0.15, -0.1) is 0 Å². The molecule has 160 valence electrons. The third kappa shape index (κ3) is 5.43.